The molecule has 1 saturated heterocycles. The molecule has 1 aliphatic heterocycles. The molecule has 0 spiro atoms. The third-order valence-corrected chi connectivity index (χ3v) is 5.43. The van der Waals surface area contributed by atoms with E-state index in [1.165, 1.54) is 4.57 Å². The van der Waals surface area contributed by atoms with Crippen LogP contribution >= 0.6 is 11.8 Å². The smallest absolute Gasteiger partial charge is 0.267 e. The zero-order chi connectivity index (χ0) is 18.7. The summed E-state index contributed by atoms with van der Waals surface area (Å²) in [6.07, 6.45) is 0.172. The maximum absolute atomic E-state index is 12.5. The van der Waals surface area contributed by atoms with Gasteiger partial charge in [0.25, 0.3) is 11.5 Å². The average Bonchev–Trinajstić information content (AvgIpc) is 2.67. The van der Waals surface area contributed by atoms with Crippen molar-refractivity contribution in [2.75, 3.05) is 31.1 Å². The number of aromatic nitrogens is 1. The number of para-hydroxylation sites is 1. The van der Waals surface area contributed by atoms with Crippen LogP contribution in [0.2, 0.25) is 0 Å². The molecule has 7 nitrogen and oxygen atoms in total. The molecule has 2 N–H and O–H groups in total. The number of rotatable bonds is 4. The SMILES string of the molecule is Cn1c(=O)c(C(=O)NCCC(=O)N2CCSCC2)c(O)c2ccccc21. The minimum atomic E-state index is -0.671. The Morgan fingerprint density at radius 3 is 2.65 bits per heavy atom. The second-order valence-electron chi connectivity index (χ2n) is 6.10. The van der Waals surface area contributed by atoms with Gasteiger partial charge in [0, 0.05) is 50.0 Å². The summed E-state index contributed by atoms with van der Waals surface area (Å²) in [5.74, 6) is 0.843. The van der Waals surface area contributed by atoms with Crippen LogP contribution in [0.1, 0.15) is 16.8 Å². The van der Waals surface area contributed by atoms with Gasteiger partial charge in [0.2, 0.25) is 5.91 Å². The highest BCUT2D eigenvalue weighted by Gasteiger charge is 2.21. The number of aryl methyl sites for hydroxylation is 1. The molecule has 0 saturated carbocycles. The maximum Gasteiger partial charge on any atom is 0.267 e. The number of thioether (sulfide) groups is 1. The van der Waals surface area contributed by atoms with E-state index in [1.54, 1.807) is 36.2 Å². The highest BCUT2D eigenvalue weighted by molar-refractivity contribution is 7.99. The van der Waals surface area contributed by atoms with Gasteiger partial charge in [-0.2, -0.15) is 11.8 Å². The Hall–Kier alpha value is -2.48. The first-order chi connectivity index (χ1) is 12.5. The van der Waals surface area contributed by atoms with E-state index in [1.807, 2.05) is 11.8 Å². The fourth-order valence-electron chi connectivity index (χ4n) is 3.03. The normalized spacial score (nSPS) is 14.4. The first-order valence-electron chi connectivity index (χ1n) is 8.45. The van der Waals surface area contributed by atoms with E-state index < -0.39 is 11.5 Å². The van der Waals surface area contributed by atoms with Crippen LogP contribution in [0.25, 0.3) is 10.9 Å². The Morgan fingerprint density at radius 2 is 1.92 bits per heavy atom. The average molecular weight is 375 g/mol. The van der Waals surface area contributed by atoms with Gasteiger partial charge in [-0.1, -0.05) is 12.1 Å². The number of benzene rings is 1. The first-order valence-corrected chi connectivity index (χ1v) is 9.60. The minimum Gasteiger partial charge on any atom is -0.506 e. The first kappa shape index (κ1) is 18.3. The van der Waals surface area contributed by atoms with Crippen LogP contribution in [-0.4, -0.2) is 57.5 Å². The van der Waals surface area contributed by atoms with Crippen molar-refractivity contribution in [1.29, 1.82) is 0 Å². The number of hydrogen-bond donors (Lipinski definition) is 2. The number of hydrogen-bond acceptors (Lipinski definition) is 5. The van der Waals surface area contributed by atoms with Crippen molar-refractivity contribution in [3.63, 3.8) is 0 Å². The van der Waals surface area contributed by atoms with Gasteiger partial charge in [0.1, 0.15) is 11.3 Å². The second-order valence-corrected chi connectivity index (χ2v) is 7.33. The van der Waals surface area contributed by atoms with Crippen LogP contribution in [0.4, 0.5) is 0 Å². The molecule has 0 bridgehead atoms. The Balaban J connectivity index is 1.72. The summed E-state index contributed by atoms with van der Waals surface area (Å²) in [5, 5.41) is 13.4. The van der Waals surface area contributed by atoms with Crippen molar-refractivity contribution in [3.8, 4) is 5.75 Å². The molecular formula is C18H21N3O4S. The van der Waals surface area contributed by atoms with E-state index in [-0.39, 0.29) is 30.2 Å². The van der Waals surface area contributed by atoms with E-state index in [9.17, 15) is 19.5 Å². The van der Waals surface area contributed by atoms with Gasteiger partial charge in [-0.25, -0.2) is 0 Å². The van der Waals surface area contributed by atoms with Gasteiger partial charge in [-0.05, 0) is 12.1 Å². The van der Waals surface area contributed by atoms with Gasteiger partial charge < -0.3 is 19.9 Å². The molecule has 0 aliphatic carbocycles. The van der Waals surface area contributed by atoms with Crippen molar-refractivity contribution in [2.24, 2.45) is 7.05 Å². The minimum absolute atomic E-state index is 0.0127. The van der Waals surface area contributed by atoms with Crippen LogP contribution in [0.15, 0.2) is 29.1 Å². The largest absolute Gasteiger partial charge is 0.506 e. The molecule has 3 rings (SSSR count). The Morgan fingerprint density at radius 1 is 1.23 bits per heavy atom. The van der Waals surface area contributed by atoms with Gasteiger partial charge in [-0.15, -0.1) is 0 Å². The Bertz CT molecular complexity index is 903. The van der Waals surface area contributed by atoms with E-state index >= 15 is 0 Å². The lowest BCUT2D eigenvalue weighted by Crippen LogP contribution is -2.40. The van der Waals surface area contributed by atoms with Crippen molar-refractivity contribution in [1.82, 2.24) is 14.8 Å². The highest BCUT2D eigenvalue weighted by Crippen LogP contribution is 2.25. The number of carbonyl (C=O) groups excluding carboxylic acids is 2. The summed E-state index contributed by atoms with van der Waals surface area (Å²) in [4.78, 5) is 38.8. The zero-order valence-corrected chi connectivity index (χ0v) is 15.3. The van der Waals surface area contributed by atoms with Crippen molar-refractivity contribution >= 4 is 34.5 Å². The number of nitrogens with one attached hydrogen (secondary N) is 1. The number of aromatic hydroxyl groups is 1. The summed E-state index contributed by atoms with van der Waals surface area (Å²) in [5.41, 5.74) is -0.323. The molecule has 0 atom stereocenters. The molecule has 0 radical (unpaired) electrons. The lowest BCUT2D eigenvalue weighted by Gasteiger charge is -2.26. The third kappa shape index (κ3) is 3.55. The standard InChI is InChI=1S/C18H21N3O4S/c1-20-13-5-3-2-4-12(13)16(23)15(18(20)25)17(24)19-7-6-14(22)21-8-10-26-11-9-21/h2-5,23H,6-11H2,1H3,(H,19,24). The molecular weight excluding hydrogens is 354 g/mol. The lowest BCUT2D eigenvalue weighted by molar-refractivity contribution is -0.130. The molecule has 2 amide bonds. The molecule has 1 fully saturated rings. The van der Waals surface area contributed by atoms with Gasteiger partial charge in [-0.3, -0.25) is 14.4 Å². The summed E-state index contributed by atoms with van der Waals surface area (Å²) in [7, 11) is 1.55. The highest BCUT2D eigenvalue weighted by atomic mass is 32.2. The van der Waals surface area contributed by atoms with Gasteiger partial charge in [0.05, 0.1) is 5.52 Å². The van der Waals surface area contributed by atoms with Crippen molar-refractivity contribution in [3.05, 3.63) is 40.2 Å². The fourth-order valence-corrected chi connectivity index (χ4v) is 3.93. The molecule has 0 unspecified atom stereocenters. The van der Waals surface area contributed by atoms with Crippen LogP contribution in [0, 0.1) is 0 Å². The fraction of sp³-hybridized carbons (Fsp3) is 0.389. The Kier molecular flexibility index (Phi) is 5.51. The predicted octanol–water partition coefficient (Wildman–Crippen LogP) is 0.939. The third-order valence-electron chi connectivity index (χ3n) is 4.49. The quantitative estimate of drug-likeness (QED) is 0.830. The van der Waals surface area contributed by atoms with E-state index in [0.717, 1.165) is 24.6 Å². The molecule has 2 aromatic rings. The number of amides is 2. The van der Waals surface area contributed by atoms with Crippen LogP contribution in [-0.2, 0) is 11.8 Å². The van der Waals surface area contributed by atoms with Crippen LogP contribution < -0.4 is 10.9 Å². The molecule has 8 heteroatoms. The molecule has 138 valence electrons. The van der Waals surface area contributed by atoms with Gasteiger partial charge >= 0.3 is 0 Å². The number of carbonyl (C=O) groups is 2. The number of pyridine rings is 1. The summed E-state index contributed by atoms with van der Waals surface area (Å²) >= 11 is 1.82. The second kappa shape index (κ2) is 7.82. The van der Waals surface area contributed by atoms with Crippen LogP contribution in [0.5, 0.6) is 5.75 Å². The lowest BCUT2D eigenvalue weighted by atomic mass is 10.1. The zero-order valence-electron chi connectivity index (χ0n) is 14.5. The molecule has 2 heterocycles. The summed E-state index contributed by atoms with van der Waals surface area (Å²) in [6.45, 7) is 1.57. The monoisotopic (exact) mass is 375 g/mol. The topological polar surface area (TPSA) is 91.6 Å². The van der Waals surface area contributed by atoms with E-state index in [4.69, 9.17) is 0 Å². The van der Waals surface area contributed by atoms with Crippen LogP contribution in [0.3, 0.4) is 0 Å². The van der Waals surface area contributed by atoms with Gasteiger partial charge in [0.15, 0.2) is 0 Å². The Labute approximate surface area is 155 Å². The molecule has 1 aliphatic rings. The molecule has 26 heavy (non-hydrogen) atoms. The number of nitrogens with zero attached hydrogens (tertiary/aromatic N) is 2. The molecule has 1 aromatic carbocycles. The van der Waals surface area contributed by atoms with E-state index in [2.05, 4.69) is 5.32 Å². The maximum atomic E-state index is 12.5. The van der Waals surface area contributed by atoms with Crippen molar-refractivity contribution in [2.45, 2.75) is 6.42 Å². The van der Waals surface area contributed by atoms with Crippen molar-refractivity contribution < 1.29 is 14.7 Å². The molecule has 1 aromatic heterocycles. The predicted molar refractivity (Wildman–Crippen MR) is 102 cm³/mol. The van der Waals surface area contributed by atoms with E-state index in [0.29, 0.717) is 10.9 Å². The summed E-state index contributed by atoms with van der Waals surface area (Å²) < 4.78 is 1.33. The summed E-state index contributed by atoms with van der Waals surface area (Å²) in [6, 6.07) is 6.84. The number of fused-ring (bicyclic) bond motifs is 1.